The summed E-state index contributed by atoms with van der Waals surface area (Å²) in [6, 6.07) is 0. The number of methoxy groups -OCH3 is 1. The highest BCUT2D eigenvalue weighted by atomic mass is 32.2. The van der Waals surface area contributed by atoms with Crippen LogP contribution in [0.1, 0.15) is 0 Å². The van der Waals surface area contributed by atoms with E-state index in [1.54, 1.807) is 0 Å². The van der Waals surface area contributed by atoms with Crippen molar-refractivity contribution in [3.05, 3.63) is 0 Å². The highest BCUT2D eigenvalue weighted by molar-refractivity contribution is 7.94. The highest BCUT2D eigenvalue weighted by Crippen LogP contribution is 2.26. The number of ether oxygens (including phenoxy) is 1. The second-order valence-corrected chi connectivity index (χ2v) is 5.80. The zero-order chi connectivity index (χ0) is 10.2. The van der Waals surface area contributed by atoms with Crippen LogP contribution in [-0.2, 0) is 14.6 Å². The number of aliphatic hydroxyl groups is 2. The van der Waals surface area contributed by atoms with Crippen molar-refractivity contribution in [3.8, 4) is 0 Å². The molecule has 0 radical (unpaired) electrons. The molecule has 0 aromatic heterocycles. The molecular weight excluding hydrogens is 195 g/mol. The summed E-state index contributed by atoms with van der Waals surface area (Å²) in [6.07, 6.45) is -2.44. The maximum absolute atomic E-state index is 11.5. The van der Waals surface area contributed by atoms with Crippen LogP contribution in [0.2, 0.25) is 0 Å². The number of hydrogen-bond acceptors (Lipinski definition) is 5. The molecule has 7 heteroatoms. The summed E-state index contributed by atoms with van der Waals surface area (Å²) in [5, 5.41) is 16.8. The van der Waals surface area contributed by atoms with Crippen LogP contribution < -0.4 is 0 Å². The summed E-state index contributed by atoms with van der Waals surface area (Å²) in [6.45, 7) is -0.0785. The van der Waals surface area contributed by atoms with Gasteiger partial charge in [-0.3, -0.25) is 0 Å². The zero-order valence-electron chi connectivity index (χ0n) is 7.54. The van der Waals surface area contributed by atoms with Gasteiger partial charge in [-0.2, -0.15) is 0 Å². The molecule has 13 heavy (non-hydrogen) atoms. The van der Waals surface area contributed by atoms with E-state index in [-0.39, 0.29) is 6.61 Å². The van der Waals surface area contributed by atoms with E-state index in [0.29, 0.717) is 0 Å². The molecule has 1 unspecified atom stereocenters. The van der Waals surface area contributed by atoms with Crippen molar-refractivity contribution in [2.75, 3.05) is 13.7 Å². The van der Waals surface area contributed by atoms with E-state index >= 15 is 0 Å². The fourth-order valence-corrected chi connectivity index (χ4v) is 3.50. The lowest BCUT2D eigenvalue weighted by Crippen LogP contribution is -2.34. The van der Waals surface area contributed by atoms with E-state index in [9.17, 15) is 18.6 Å². The Labute approximate surface area is 78.0 Å². The Morgan fingerprint density at radius 1 is 1.38 bits per heavy atom. The highest BCUT2D eigenvalue weighted by Gasteiger charge is 2.51. The standard InChI is InChI=1S/C6H13BO5S/c1-12-2-3-4(8)5(9)6(7)13(3,10)11/h3-6,8-9H,2,7H2,1H3/t3-,4?,5+,6-/m1/s1. The number of rotatable bonds is 2. The minimum absolute atomic E-state index is 0.0785. The van der Waals surface area contributed by atoms with Crippen molar-refractivity contribution in [1.82, 2.24) is 0 Å². The molecule has 0 aliphatic carbocycles. The maximum atomic E-state index is 11.5. The molecule has 1 heterocycles. The molecule has 1 saturated heterocycles. The molecule has 0 aromatic rings. The molecular formula is C6H13BO5S. The van der Waals surface area contributed by atoms with Gasteiger partial charge in [-0.25, -0.2) is 8.42 Å². The first-order chi connectivity index (χ1) is 5.92. The predicted molar refractivity (Wildman–Crippen MR) is 48.9 cm³/mol. The summed E-state index contributed by atoms with van der Waals surface area (Å²) in [5.41, 5.74) is 0. The van der Waals surface area contributed by atoms with Crippen LogP contribution >= 0.6 is 0 Å². The first kappa shape index (κ1) is 11.0. The SMILES string of the molecule is B[C@H]1[C@@H](O)C(O)[C@@H](COC)S1(=O)=O. The summed E-state index contributed by atoms with van der Waals surface area (Å²) in [5.74, 6) is 0. The average molecular weight is 208 g/mol. The quantitative estimate of drug-likeness (QED) is 0.476. The van der Waals surface area contributed by atoms with Crippen LogP contribution in [0.15, 0.2) is 0 Å². The minimum Gasteiger partial charge on any atom is -0.390 e. The molecule has 0 saturated carbocycles. The molecule has 5 nitrogen and oxygen atoms in total. The molecule has 1 fully saturated rings. The second-order valence-electron chi connectivity index (χ2n) is 3.27. The third-order valence-corrected chi connectivity index (χ3v) is 5.06. The summed E-state index contributed by atoms with van der Waals surface area (Å²) in [4.78, 5) is 0. The van der Waals surface area contributed by atoms with Crippen molar-refractivity contribution >= 4 is 17.7 Å². The van der Waals surface area contributed by atoms with Gasteiger partial charge in [-0.15, -0.1) is 0 Å². The van der Waals surface area contributed by atoms with Gasteiger partial charge in [0, 0.05) is 7.11 Å². The van der Waals surface area contributed by atoms with Gasteiger partial charge in [0.2, 0.25) is 0 Å². The van der Waals surface area contributed by atoms with Crippen LogP contribution in [-0.4, -0.2) is 62.8 Å². The van der Waals surface area contributed by atoms with Crippen LogP contribution in [0.25, 0.3) is 0 Å². The summed E-state index contributed by atoms with van der Waals surface area (Å²) >= 11 is 0. The van der Waals surface area contributed by atoms with E-state index in [1.807, 2.05) is 0 Å². The topological polar surface area (TPSA) is 83.8 Å². The Morgan fingerprint density at radius 2 is 1.92 bits per heavy atom. The van der Waals surface area contributed by atoms with E-state index < -0.39 is 32.4 Å². The smallest absolute Gasteiger partial charge is 0.155 e. The van der Waals surface area contributed by atoms with Gasteiger partial charge in [0.1, 0.15) is 13.1 Å². The van der Waals surface area contributed by atoms with Gasteiger partial charge in [0.15, 0.2) is 9.84 Å². The predicted octanol–water partition coefficient (Wildman–Crippen LogP) is -2.89. The van der Waals surface area contributed by atoms with Crippen molar-refractivity contribution in [3.63, 3.8) is 0 Å². The van der Waals surface area contributed by atoms with Crippen LogP contribution in [0, 0.1) is 0 Å². The molecule has 1 aliphatic rings. The first-order valence-corrected chi connectivity index (χ1v) is 5.61. The molecule has 0 spiro atoms. The largest absolute Gasteiger partial charge is 0.390 e. The van der Waals surface area contributed by atoms with Gasteiger partial charge in [-0.1, -0.05) is 0 Å². The third kappa shape index (κ3) is 1.61. The summed E-state index contributed by atoms with van der Waals surface area (Å²) < 4.78 is 27.7. The monoisotopic (exact) mass is 208 g/mol. The Balaban J connectivity index is 2.96. The van der Waals surface area contributed by atoms with Crippen molar-refractivity contribution < 1.29 is 23.4 Å². The second kappa shape index (κ2) is 3.57. The number of hydrogen-bond donors (Lipinski definition) is 2. The van der Waals surface area contributed by atoms with E-state index in [1.165, 1.54) is 15.0 Å². The normalized spacial score (nSPS) is 43.6. The fourth-order valence-electron chi connectivity index (χ4n) is 1.52. The Kier molecular flexibility index (Phi) is 3.01. The van der Waals surface area contributed by atoms with Crippen molar-refractivity contribution in [2.24, 2.45) is 0 Å². The summed E-state index contributed by atoms with van der Waals surface area (Å²) in [7, 11) is -0.705. The molecule has 4 atom stereocenters. The number of sulfone groups is 1. The number of aliphatic hydroxyl groups excluding tert-OH is 2. The minimum atomic E-state index is -3.45. The van der Waals surface area contributed by atoms with Crippen molar-refractivity contribution in [1.29, 1.82) is 0 Å². The fraction of sp³-hybridized carbons (Fsp3) is 1.00. The van der Waals surface area contributed by atoms with Crippen LogP contribution in [0.3, 0.4) is 0 Å². The molecule has 0 bridgehead atoms. The first-order valence-electron chi connectivity index (χ1n) is 4.00. The average Bonchev–Trinajstić information content (AvgIpc) is 2.20. The van der Waals surface area contributed by atoms with Gasteiger partial charge in [-0.05, 0) is 0 Å². The molecule has 0 aromatic carbocycles. The van der Waals surface area contributed by atoms with Gasteiger partial charge in [0.25, 0.3) is 0 Å². The molecule has 2 N–H and O–H groups in total. The van der Waals surface area contributed by atoms with E-state index in [0.717, 1.165) is 0 Å². The Hall–Kier alpha value is -0.105. The van der Waals surface area contributed by atoms with Crippen LogP contribution in [0.4, 0.5) is 0 Å². The molecule has 1 aliphatic heterocycles. The van der Waals surface area contributed by atoms with E-state index in [4.69, 9.17) is 0 Å². The molecule has 0 amide bonds. The lowest BCUT2D eigenvalue weighted by atomic mass is 9.94. The van der Waals surface area contributed by atoms with Gasteiger partial charge >= 0.3 is 0 Å². The van der Waals surface area contributed by atoms with Gasteiger partial charge < -0.3 is 14.9 Å². The van der Waals surface area contributed by atoms with Crippen LogP contribution in [0.5, 0.6) is 0 Å². The van der Waals surface area contributed by atoms with Crippen molar-refractivity contribution in [2.45, 2.75) is 22.6 Å². The molecule has 1 rings (SSSR count). The Morgan fingerprint density at radius 3 is 2.23 bits per heavy atom. The molecule has 76 valence electrons. The zero-order valence-corrected chi connectivity index (χ0v) is 8.36. The van der Waals surface area contributed by atoms with Gasteiger partial charge in [0.05, 0.1) is 24.0 Å². The van der Waals surface area contributed by atoms with E-state index in [2.05, 4.69) is 4.74 Å². The maximum Gasteiger partial charge on any atom is 0.155 e. The third-order valence-electron chi connectivity index (χ3n) is 2.48. The lowest BCUT2D eigenvalue weighted by molar-refractivity contribution is 0.0234. The lowest BCUT2D eigenvalue weighted by Gasteiger charge is -2.13. The Bertz CT molecular complexity index is 277.